The number of hydrogen-bond donors (Lipinski definition) is 1. The number of aromatic nitrogens is 2. The Morgan fingerprint density at radius 1 is 1.30 bits per heavy atom. The number of sulfone groups is 1. The van der Waals surface area contributed by atoms with Crippen LogP contribution in [0.2, 0.25) is 0 Å². The normalized spacial score (nSPS) is 14.9. The van der Waals surface area contributed by atoms with Crippen LogP contribution < -0.4 is 0 Å². The van der Waals surface area contributed by atoms with Gasteiger partial charge in [-0.2, -0.15) is 4.98 Å². The van der Waals surface area contributed by atoms with E-state index in [2.05, 4.69) is 10.1 Å². The van der Waals surface area contributed by atoms with Crippen molar-refractivity contribution < 1.29 is 18.0 Å². The Morgan fingerprint density at radius 3 is 2.55 bits per heavy atom. The third kappa shape index (κ3) is 3.43. The van der Waals surface area contributed by atoms with Crippen molar-refractivity contribution in [3.63, 3.8) is 0 Å². The molecule has 0 saturated heterocycles. The first-order valence-electron chi connectivity index (χ1n) is 6.12. The predicted octanol–water partition coefficient (Wildman–Crippen LogP) is 1.45. The topological polar surface area (TPSA) is 93.3 Å². The lowest BCUT2D eigenvalue weighted by atomic mass is 10.1. The van der Waals surface area contributed by atoms with E-state index in [-0.39, 0.29) is 18.1 Å². The van der Waals surface area contributed by atoms with Gasteiger partial charge in [0.1, 0.15) is 5.25 Å². The molecule has 0 spiro atoms. The van der Waals surface area contributed by atoms with Gasteiger partial charge < -0.3 is 9.63 Å². The van der Waals surface area contributed by atoms with E-state index in [4.69, 9.17) is 4.52 Å². The van der Waals surface area contributed by atoms with Crippen LogP contribution in [0.4, 0.5) is 0 Å². The maximum Gasteiger partial charge on any atom is 0.229 e. The average Bonchev–Trinajstić information content (AvgIpc) is 2.86. The Morgan fingerprint density at radius 2 is 1.95 bits per heavy atom. The highest BCUT2D eigenvalue weighted by Crippen LogP contribution is 2.21. The van der Waals surface area contributed by atoms with Crippen LogP contribution in [-0.4, -0.2) is 29.9 Å². The van der Waals surface area contributed by atoms with Crippen LogP contribution in [0.15, 0.2) is 34.9 Å². The largest absolute Gasteiger partial charge is 0.388 e. The predicted molar refractivity (Wildman–Crippen MR) is 72.7 cm³/mol. The van der Waals surface area contributed by atoms with Crippen LogP contribution in [0.25, 0.3) is 0 Å². The first kappa shape index (κ1) is 14.7. The van der Waals surface area contributed by atoms with Crippen molar-refractivity contribution in [2.24, 2.45) is 0 Å². The lowest BCUT2D eigenvalue weighted by Gasteiger charge is -2.07. The van der Waals surface area contributed by atoms with Crippen molar-refractivity contribution in [3.8, 4) is 0 Å². The van der Waals surface area contributed by atoms with E-state index in [0.29, 0.717) is 0 Å². The van der Waals surface area contributed by atoms with E-state index in [9.17, 15) is 13.5 Å². The molecule has 0 amide bonds. The maximum absolute atomic E-state index is 11.4. The average molecular weight is 296 g/mol. The Kier molecular flexibility index (Phi) is 4.20. The number of rotatable bonds is 5. The minimum Gasteiger partial charge on any atom is -0.388 e. The molecule has 0 aliphatic rings. The smallest absolute Gasteiger partial charge is 0.229 e. The van der Waals surface area contributed by atoms with Gasteiger partial charge in [0.15, 0.2) is 15.7 Å². The SMILES string of the molecule is CC(c1noc(CC(O)c2ccccc2)n1)S(C)(=O)=O. The van der Waals surface area contributed by atoms with Crippen molar-refractivity contribution in [2.75, 3.05) is 6.26 Å². The molecule has 1 N–H and O–H groups in total. The summed E-state index contributed by atoms with van der Waals surface area (Å²) in [6.45, 7) is 1.50. The van der Waals surface area contributed by atoms with Gasteiger partial charge in [-0.25, -0.2) is 8.42 Å². The Bertz CT molecular complexity index is 667. The van der Waals surface area contributed by atoms with Crippen LogP contribution in [0.3, 0.4) is 0 Å². The van der Waals surface area contributed by atoms with Gasteiger partial charge in [-0.1, -0.05) is 35.5 Å². The van der Waals surface area contributed by atoms with Crippen LogP contribution >= 0.6 is 0 Å². The highest BCUT2D eigenvalue weighted by atomic mass is 32.2. The zero-order chi connectivity index (χ0) is 14.8. The molecule has 0 bridgehead atoms. The number of nitrogens with zero attached hydrogens (tertiary/aromatic N) is 2. The molecule has 2 atom stereocenters. The second-order valence-corrected chi connectivity index (χ2v) is 7.01. The second-order valence-electron chi connectivity index (χ2n) is 4.65. The van der Waals surface area contributed by atoms with Gasteiger partial charge in [-0.05, 0) is 12.5 Å². The molecule has 0 saturated carbocycles. The molecule has 108 valence electrons. The standard InChI is InChI=1S/C13H16N2O4S/c1-9(20(2,17)18)13-14-12(19-15-13)8-11(16)10-6-4-3-5-7-10/h3-7,9,11,16H,8H2,1-2H3. The minimum absolute atomic E-state index is 0.114. The number of hydrogen-bond acceptors (Lipinski definition) is 6. The fourth-order valence-electron chi connectivity index (χ4n) is 1.67. The molecule has 1 heterocycles. The van der Waals surface area contributed by atoms with Gasteiger partial charge in [0.25, 0.3) is 0 Å². The minimum atomic E-state index is -3.27. The molecule has 1 aromatic carbocycles. The molecule has 7 heteroatoms. The number of benzene rings is 1. The zero-order valence-corrected chi connectivity index (χ0v) is 12.0. The summed E-state index contributed by atoms with van der Waals surface area (Å²) in [6, 6.07) is 9.09. The first-order valence-corrected chi connectivity index (χ1v) is 8.07. The van der Waals surface area contributed by atoms with Crippen LogP contribution in [0, 0.1) is 0 Å². The molecule has 2 rings (SSSR count). The Labute approximate surface area is 117 Å². The molecule has 2 aromatic rings. The van der Waals surface area contributed by atoms with E-state index in [1.165, 1.54) is 6.92 Å². The van der Waals surface area contributed by atoms with E-state index in [1.807, 2.05) is 18.2 Å². The molecule has 0 aliphatic carbocycles. The quantitative estimate of drug-likeness (QED) is 0.897. The summed E-state index contributed by atoms with van der Waals surface area (Å²) in [5, 5.41) is 12.9. The van der Waals surface area contributed by atoms with Gasteiger partial charge in [0.05, 0.1) is 12.5 Å². The lowest BCUT2D eigenvalue weighted by molar-refractivity contribution is 0.164. The monoisotopic (exact) mass is 296 g/mol. The molecule has 0 radical (unpaired) electrons. The Balaban J connectivity index is 2.11. The fraction of sp³-hybridized carbons (Fsp3) is 0.385. The second kappa shape index (κ2) is 5.72. The summed E-state index contributed by atoms with van der Waals surface area (Å²) in [4.78, 5) is 4.03. The van der Waals surface area contributed by atoms with Crippen LogP contribution in [0.1, 0.15) is 35.6 Å². The molecule has 2 unspecified atom stereocenters. The fourth-order valence-corrected chi connectivity index (χ4v) is 2.14. The van der Waals surface area contributed by atoms with Crippen LogP contribution in [0.5, 0.6) is 0 Å². The lowest BCUT2D eigenvalue weighted by Crippen LogP contribution is -2.09. The van der Waals surface area contributed by atoms with Crippen LogP contribution in [-0.2, 0) is 16.3 Å². The van der Waals surface area contributed by atoms with Crippen molar-refractivity contribution in [1.82, 2.24) is 10.1 Å². The van der Waals surface area contributed by atoms with E-state index in [1.54, 1.807) is 12.1 Å². The summed E-state index contributed by atoms with van der Waals surface area (Å²) >= 11 is 0. The third-order valence-corrected chi connectivity index (χ3v) is 4.54. The number of aliphatic hydroxyl groups is 1. The molecule has 0 fully saturated rings. The van der Waals surface area contributed by atoms with Crippen molar-refractivity contribution in [1.29, 1.82) is 0 Å². The van der Waals surface area contributed by atoms with E-state index < -0.39 is 21.2 Å². The van der Waals surface area contributed by atoms with E-state index in [0.717, 1.165) is 11.8 Å². The maximum atomic E-state index is 11.4. The van der Waals surface area contributed by atoms with Gasteiger partial charge in [-0.3, -0.25) is 0 Å². The molecule has 0 aliphatic heterocycles. The van der Waals surface area contributed by atoms with E-state index >= 15 is 0 Å². The summed E-state index contributed by atoms with van der Waals surface area (Å²) in [5.74, 6) is 0.328. The van der Waals surface area contributed by atoms with Crippen molar-refractivity contribution in [2.45, 2.75) is 24.7 Å². The summed E-state index contributed by atoms with van der Waals surface area (Å²) < 4.78 is 27.8. The zero-order valence-electron chi connectivity index (χ0n) is 11.2. The van der Waals surface area contributed by atoms with Gasteiger partial charge in [0, 0.05) is 6.26 Å². The van der Waals surface area contributed by atoms with Crippen molar-refractivity contribution >= 4 is 9.84 Å². The highest BCUT2D eigenvalue weighted by molar-refractivity contribution is 7.90. The molecular weight excluding hydrogens is 280 g/mol. The summed E-state index contributed by atoms with van der Waals surface area (Å²) in [7, 11) is -3.27. The van der Waals surface area contributed by atoms with Gasteiger partial charge in [0.2, 0.25) is 5.89 Å². The number of aliphatic hydroxyl groups excluding tert-OH is 1. The summed E-state index contributed by atoms with van der Waals surface area (Å²) in [6.07, 6.45) is 0.498. The highest BCUT2D eigenvalue weighted by Gasteiger charge is 2.23. The first-order chi connectivity index (χ1) is 9.38. The van der Waals surface area contributed by atoms with Gasteiger partial charge >= 0.3 is 0 Å². The van der Waals surface area contributed by atoms with Gasteiger partial charge in [-0.15, -0.1) is 0 Å². The molecule has 1 aromatic heterocycles. The molecule has 6 nitrogen and oxygen atoms in total. The Hall–Kier alpha value is -1.73. The van der Waals surface area contributed by atoms with Crippen molar-refractivity contribution in [3.05, 3.63) is 47.6 Å². The third-order valence-electron chi connectivity index (χ3n) is 3.04. The molecular formula is C13H16N2O4S. The molecule has 20 heavy (non-hydrogen) atoms. The summed E-state index contributed by atoms with van der Waals surface area (Å²) in [5.41, 5.74) is 0.739.